The number of nitrogens with zero attached hydrogens (tertiary/aromatic N) is 4. The van der Waals surface area contributed by atoms with Crippen molar-refractivity contribution in [3.8, 4) is 0 Å². The Bertz CT molecular complexity index is 658. The van der Waals surface area contributed by atoms with Crippen LogP contribution in [0.5, 0.6) is 0 Å². The predicted octanol–water partition coefficient (Wildman–Crippen LogP) is 2.58. The lowest BCUT2D eigenvalue weighted by Crippen LogP contribution is -2.48. The van der Waals surface area contributed by atoms with Crippen LogP contribution in [0.3, 0.4) is 0 Å². The van der Waals surface area contributed by atoms with Crippen molar-refractivity contribution in [2.45, 2.75) is 32.4 Å². The number of aryl methyl sites for hydroxylation is 1. The molecule has 0 N–H and O–H groups in total. The smallest absolute Gasteiger partial charge is 0.267 e. The highest BCUT2D eigenvalue weighted by molar-refractivity contribution is 7.07. The molecule has 2 aromatic rings. The lowest BCUT2D eigenvalue weighted by Gasteiger charge is -2.37. The van der Waals surface area contributed by atoms with Crippen LogP contribution in [0.25, 0.3) is 0 Å². The summed E-state index contributed by atoms with van der Waals surface area (Å²) >= 11 is 1.20. The van der Waals surface area contributed by atoms with E-state index in [1.54, 1.807) is 0 Å². The summed E-state index contributed by atoms with van der Waals surface area (Å²) in [6.45, 7) is 4.36. The van der Waals surface area contributed by atoms with Crippen molar-refractivity contribution in [3.63, 3.8) is 0 Å². The summed E-state index contributed by atoms with van der Waals surface area (Å²) < 4.78 is 3.88. The van der Waals surface area contributed by atoms with Crippen LogP contribution in [0.15, 0.2) is 30.3 Å². The van der Waals surface area contributed by atoms with Crippen LogP contribution in [-0.4, -0.2) is 51.5 Å². The van der Waals surface area contributed by atoms with Crippen LogP contribution in [0.1, 0.15) is 33.8 Å². The Morgan fingerprint density at radius 2 is 2.17 bits per heavy atom. The van der Waals surface area contributed by atoms with Gasteiger partial charge in [0, 0.05) is 25.7 Å². The number of hydrogen-bond donors (Lipinski definition) is 0. The lowest BCUT2D eigenvalue weighted by molar-refractivity contribution is 0.0606. The monoisotopic (exact) mass is 330 g/mol. The fourth-order valence-corrected chi connectivity index (χ4v) is 3.70. The summed E-state index contributed by atoms with van der Waals surface area (Å²) in [5, 5.41) is 3.95. The first-order chi connectivity index (χ1) is 11.1. The summed E-state index contributed by atoms with van der Waals surface area (Å²) in [5.74, 6) is 0.0790. The maximum atomic E-state index is 12.6. The van der Waals surface area contributed by atoms with E-state index in [4.69, 9.17) is 0 Å². The Morgan fingerprint density at radius 1 is 1.39 bits per heavy atom. The van der Waals surface area contributed by atoms with E-state index in [1.807, 2.05) is 17.9 Å². The van der Waals surface area contributed by atoms with Gasteiger partial charge < -0.3 is 4.90 Å². The molecule has 0 unspecified atom stereocenters. The number of hydrogen-bond acceptors (Lipinski definition) is 5. The minimum atomic E-state index is 0.0790. The summed E-state index contributed by atoms with van der Waals surface area (Å²) in [7, 11) is 2.14. The number of aromatic nitrogens is 2. The third-order valence-corrected chi connectivity index (χ3v) is 5.24. The van der Waals surface area contributed by atoms with Gasteiger partial charge in [0.2, 0.25) is 0 Å². The molecule has 1 amide bonds. The molecule has 0 saturated carbocycles. The van der Waals surface area contributed by atoms with Gasteiger partial charge in [-0.3, -0.25) is 9.69 Å². The van der Waals surface area contributed by atoms with Gasteiger partial charge >= 0.3 is 0 Å². The SMILES string of the molecule is Cc1nnsc1C(=O)N1CCC[C@H](N(C)Cc2ccccc2)C1. The van der Waals surface area contributed by atoms with E-state index >= 15 is 0 Å². The Labute approximate surface area is 141 Å². The van der Waals surface area contributed by atoms with Crippen molar-refractivity contribution in [2.75, 3.05) is 20.1 Å². The molecule has 0 bridgehead atoms. The van der Waals surface area contributed by atoms with Crippen LogP contribution in [-0.2, 0) is 6.54 Å². The molecule has 3 rings (SSSR count). The van der Waals surface area contributed by atoms with Crippen LogP contribution in [0.4, 0.5) is 0 Å². The van der Waals surface area contributed by atoms with E-state index in [9.17, 15) is 4.79 Å². The Morgan fingerprint density at radius 3 is 2.87 bits per heavy atom. The molecule has 6 heteroatoms. The van der Waals surface area contributed by atoms with Gasteiger partial charge in [0.25, 0.3) is 5.91 Å². The van der Waals surface area contributed by atoms with Gasteiger partial charge in [-0.25, -0.2) is 0 Å². The van der Waals surface area contributed by atoms with Gasteiger partial charge in [-0.1, -0.05) is 34.8 Å². The van der Waals surface area contributed by atoms with Crippen LogP contribution in [0.2, 0.25) is 0 Å². The summed E-state index contributed by atoms with van der Waals surface area (Å²) in [4.78, 5) is 17.6. The van der Waals surface area contributed by atoms with Crippen molar-refractivity contribution in [3.05, 3.63) is 46.5 Å². The number of rotatable bonds is 4. The fourth-order valence-electron chi connectivity index (χ4n) is 3.07. The van der Waals surface area contributed by atoms with Gasteiger partial charge in [0.05, 0.1) is 5.69 Å². The van der Waals surface area contributed by atoms with Crippen molar-refractivity contribution in [2.24, 2.45) is 0 Å². The Hall–Kier alpha value is -1.79. The topological polar surface area (TPSA) is 49.3 Å². The number of benzene rings is 1. The van der Waals surface area contributed by atoms with Gasteiger partial charge in [-0.05, 0) is 43.9 Å². The Balaban J connectivity index is 1.64. The highest BCUT2D eigenvalue weighted by Crippen LogP contribution is 2.20. The van der Waals surface area contributed by atoms with E-state index in [0.717, 1.165) is 38.2 Å². The summed E-state index contributed by atoms with van der Waals surface area (Å²) in [6, 6.07) is 10.9. The molecule has 1 saturated heterocycles. The quantitative estimate of drug-likeness (QED) is 0.864. The lowest BCUT2D eigenvalue weighted by atomic mass is 10.0. The fraction of sp³-hybridized carbons (Fsp3) is 0.471. The number of carbonyl (C=O) groups is 1. The second-order valence-corrected chi connectivity index (χ2v) is 6.89. The van der Waals surface area contributed by atoms with Crippen molar-refractivity contribution >= 4 is 17.4 Å². The zero-order valence-corrected chi connectivity index (χ0v) is 14.4. The second kappa shape index (κ2) is 7.19. The third kappa shape index (κ3) is 3.76. The highest BCUT2D eigenvalue weighted by atomic mass is 32.1. The maximum Gasteiger partial charge on any atom is 0.267 e. The zero-order chi connectivity index (χ0) is 16.2. The molecule has 1 atom stereocenters. The summed E-state index contributed by atoms with van der Waals surface area (Å²) in [5.41, 5.74) is 2.04. The molecule has 1 fully saturated rings. The molecule has 1 aliphatic heterocycles. The van der Waals surface area contributed by atoms with Gasteiger partial charge in [0.15, 0.2) is 0 Å². The number of amides is 1. The number of likely N-dealkylation sites (tertiary alicyclic amines) is 1. The van der Waals surface area contributed by atoms with Crippen molar-refractivity contribution in [1.82, 2.24) is 19.4 Å². The molecule has 0 radical (unpaired) electrons. The molecule has 122 valence electrons. The molecular formula is C17H22N4OS. The predicted molar refractivity (Wildman–Crippen MR) is 91.5 cm³/mol. The van der Waals surface area contributed by atoms with Crippen molar-refractivity contribution in [1.29, 1.82) is 0 Å². The number of carbonyl (C=O) groups excluding carboxylic acids is 1. The van der Waals surface area contributed by atoms with E-state index in [1.165, 1.54) is 17.1 Å². The average molecular weight is 330 g/mol. The molecule has 2 heterocycles. The van der Waals surface area contributed by atoms with Gasteiger partial charge in [-0.15, -0.1) is 5.10 Å². The van der Waals surface area contributed by atoms with Crippen LogP contribution >= 0.6 is 11.5 Å². The molecule has 1 aromatic carbocycles. The Kier molecular flexibility index (Phi) is 5.03. The third-order valence-electron chi connectivity index (χ3n) is 4.43. The minimum absolute atomic E-state index is 0.0790. The highest BCUT2D eigenvalue weighted by Gasteiger charge is 2.28. The van der Waals surface area contributed by atoms with Crippen molar-refractivity contribution < 1.29 is 4.79 Å². The first kappa shape index (κ1) is 16.1. The molecule has 5 nitrogen and oxygen atoms in total. The molecular weight excluding hydrogens is 308 g/mol. The molecule has 1 aliphatic rings. The number of likely N-dealkylation sites (N-methyl/N-ethyl adjacent to an activating group) is 1. The molecule has 23 heavy (non-hydrogen) atoms. The van der Waals surface area contributed by atoms with Crippen LogP contribution < -0.4 is 0 Å². The summed E-state index contributed by atoms with van der Waals surface area (Å²) in [6.07, 6.45) is 2.17. The molecule has 1 aromatic heterocycles. The van der Waals surface area contributed by atoms with E-state index in [0.29, 0.717) is 10.9 Å². The van der Waals surface area contributed by atoms with E-state index in [2.05, 4.69) is 45.8 Å². The van der Waals surface area contributed by atoms with E-state index < -0.39 is 0 Å². The number of piperidine rings is 1. The normalized spacial score (nSPS) is 18.4. The largest absolute Gasteiger partial charge is 0.336 e. The van der Waals surface area contributed by atoms with Gasteiger partial charge in [-0.2, -0.15) is 0 Å². The maximum absolute atomic E-state index is 12.6. The van der Waals surface area contributed by atoms with Gasteiger partial charge in [0.1, 0.15) is 4.88 Å². The first-order valence-corrected chi connectivity index (χ1v) is 8.75. The first-order valence-electron chi connectivity index (χ1n) is 7.97. The molecule has 0 spiro atoms. The second-order valence-electron chi connectivity index (χ2n) is 6.14. The average Bonchev–Trinajstić information content (AvgIpc) is 3.01. The van der Waals surface area contributed by atoms with E-state index in [-0.39, 0.29) is 5.91 Å². The minimum Gasteiger partial charge on any atom is -0.336 e. The van der Waals surface area contributed by atoms with Crippen LogP contribution in [0, 0.1) is 6.92 Å². The molecule has 0 aliphatic carbocycles. The zero-order valence-electron chi connectivity index (χ0n) is 13.6. The standard InChI is InChI=1S/C17H22N4OS/c1-13-16(23-19-18-13)17(22)21-10-6-9-15(12-21)20(2)11-14-7-4-3-5-8-14/h3-5,7-8,15H,6,9-12H2,1-2H3/t15-/m0/s1.